The van der Waals surface area contributed by atoms with E-state index in [2.05, 4.69) is 26.1 Å². The Bertz CT molecular complexity index is 946. The van der Waals surface area contributed by atoms with Gasteiger partial charge in [0.1, 0.15) is 11.6 Å². The number of hydrogen-bond acceptors (Lipinski definition) is 6. The van der Waals surface area contributed by atoms with E-state index in [9.17, 15) is 14.4 Å². The first-order chi connectivity index (χ1) is 18.8. The Morgan fingerprint density at radius 3 is 2.25 bits per heavy atom. The van der Waals surface area contributed by atoms with Gasteiger partial charge in [-0.3, -0.25) is 9.59 Å². The number of carbonyl (C=O) groups excluding carboxylic acids is 3. The standard InChI is InChI=1S/C32H52N2O6/c1-10-21(2)22(3)27(38-8)20-28(35)34-18-14-17-26(34)29(39-9)23(4)30(36)33-25(31(37)40-32(5,6)7)19-24-15-12-11-13-16-24/h11-13,15-16,21-23,25-27,29H,10,14,17-20H2,1-9H3,(H,33,36)/t21-,22-,23+,25-,26-,27+,29+/m0/s1. The number of nitrogens with zero attached hydrogens (tertiary/aromatic N) is 1. The highest BCUT2D eigenvalue weighted by Crippen LogP contribution is 2.29. The minimum atomic E-state index is -0.847. The van der Waals surface area contributed by atoms with Crippen molar-refractivity contribution in [2.24, 2.45) is 17.8 Å². The number of amides is 2. The van der Waals surface area contributed by atoms with Crippen molar-refractivity contribution in [3.63, 3.8) is 0 Å². The number of ether oxygens (including phenoxy) is 3. The van der Waals surface area contributed by atoms with Crippen molar-refractivity contribution >= 4 is 17.8 Å². The minimum Gasteiger partial charge on any atom is -0.458 e. The number of esters is 1. The Morgan fingerprint density at radius 1 is 1.05 bits per heavy atom. The Hall–Kier alpha value is -2.45. The van der Waals surface area contributed by atoms with Crippen molar-refractivity contribution < 1.29 is 28.6 Å². The quantitative estimate of drug-likeness (QED) is 0.329. The van der Waals surface area contributed by atoms with Crippen molar-refractivity contribution in [3.8, 4) is 0 Å². The summed E-state index contributed by atoms with van der Waals surface area (Å²) in [4.78, 5) is 42.0. The number of likely N-dealkylation sites (tertiary alicyclic amines) is 1. The van der Waals surface area contributed by atoms with E-state index in [-0.39, 0.29) is 29.9 Å². The van der Waals surface area contributed by atoms with Crippen LogP contribution in [0.25, 0.3) is 0 Å². The van der Waals surface area contributed by atoms with Crippen LogP contribution in [0.1, 0.15) is 79.7 Å². The van der Waals surface area contributed by atoms with Crippen molar-refractivity contribution in [1.29, 1.82) is 0 Å². The fourth-order valence-electron chi connectivity index (χ4n) is 5.52. The topological polar surface area (TPSA) is 94.2 Å². The van der Waals surface area contributed by atoms with Crippen molar-refractivity contribution in [3.05, 3.63) is 35.9 Å². The Labute approximate surface area is 241 Å². The Morgan fingerprint density at radius 2 is 1.70 bits per heavy atom. The molecule has 7 atom stereocenters. The van der Waals surface area contributed by atoms with Crippen LogP contribution >= 0.6 is 0 Å². The molecule has 0 saturated carbocycles. The van der Waals surface area contributed by atoms with E-state index in [0.29, 0.717) is 25.3 Å². The molecule has 1 aromatic carbocycles. The molecule has 0 radical (unpaired) electrons. The number of rotatable bonds is 14. The Kier molecular flexibility index (Phi) is 13.1. The van der Waals surface area contributed by atoms with Gasteiger partial charge in [-0.2, -0.15) is 0 Å². The highest BCUT2D eigenvalue weighted by atomic mass is 16.6. The van der Waals surface area contributed by atoms with Gasteiger partial charge in [0, 0.05) is 27.2 Å². The molecule has 2 rings (SSSR count). The first-order valence-corrected chi connectivity index (χ1v) is 14.7. The second kappa shape index (κ2) is 15.5. The van der Waals surface area contributed by atoms with Crippen LogP contribution in [-0.4, -0.2) is 73.3 Å². The lowest BCUT2D eigenvalue weighted by atomic mass is 9.87. The zero-order chi connectivity index (χ0) is 30.0. The van der Waals surface area contributed by atoms with Gasteiger partial charge in [0.15, 0.2) is 0 Å². The largest absolute Gasteiger partial charge is 0.458 e. The van der Waals surface area contributed by atoms with Crippen LogP contribution in [0.3, 0.4) is 0 Å². The summed E-state index contributed by atoms with van der Waals surface area (Å²) >= 11 is 0. The molecule has 1 aliphatic rings. The summed E-state index contributed by atoms with van der Waals surface area (Å²) in [5.74, 6) is -0.674. The molecule has 1 fully saturated rings. The van der Waals surface area contributed by atoms with Gasteiger partial charge in [0.05, 0.1) is 30.6 Å². The van der Waals surface area contributed by atoms with Crippen molar-refractivity contribution in [2.45, 2.75) is 110 Å². The third kappa shape index (κ3) is 9.58. The third-order valence-corrected chi connectivity index (χ3v) is 8.27. The van der Waals surface area contributed by atoms with E-state index in [0.717, 1.165) is 24.8 Å². The van der Waals surface area contributed by atoms with Gasteiger partial charge in [0.2, 0.25) is 11.8 Å². The molecule has 2 amide bonds. The van der Waals surface area contributed by atoms with Crippen LogP contribution in [0.5, 0.6) is 0 Å². The highest BCUT2D eigenvalue weighted by molar-refractivity contribution is 5.86. The van der Waals surface area contributed by atoms with E-state index in [1.807, 2.05) is 35.2 Å². The summed E-state index contributed by atoms with van der Waals surface area (Å²) in [7, 11) is 3.24. The summed E-state index contributed by atoms with van der Waals surface area (Å²) in [5.41, 5.74) is 0.232. The van der Waals surface area contributed by atoms with Gasteiger partial charge in [0.25, 0.3) is 0 Å². The molecule has 226 valence electrons. The van der Waals surface area contributed by atoms with Gasteiger partial charge in [-0.1, -0.05) is 64.4 Å². The van der Waals surface area contributed by atoms with Gasteiger partial charge in [-0.05, 0) is 51.0 Å². The molecule has 1 aromatic rings. The lowest BCUT2D eigenvalue weighted by Gasteiger charge is -2.35. The minimum absolute atomic E-state index is 0.0230. The number of nitrogens with one attached hydrogen (secondary N) is 1. The molecule has 1 N–H and O–H groups in total. The van der Waals surface area contributed by atoms with Crippen LogP contribution < -0.4 is 5.32 Å². The van der Waals surface area contributed by atoms with Gasteiger partial charge >= 0.3 is 5.97 Å². The van der Waals surface area contributed by atoms with Crippen molar-refractivity contribution in [1.82, 2.24) is 10.2 Å². The van der Waals surface area contributed by atoms with Crippen molar-refractivity contribution in [2.75, 3.05) is 20.8 Å². The molecule has 0 spiro atoms. The lowest BCUT2D eigenvalue weighted by Crippen LogP contribution is -2.53. The average molecular weight is 561 g/mol. The second-order valence-corrected chi connectivity index (χ2v) is 12.3. The molecular formula is C32H52N2O6. The highest BCUT2D eigenvalue weighted by Gasteiger charge is 2.41. The zero-order valence-electron chi connectivity index (χ0n) is 26.1. The summed E-state index contributed by atoms with van der Waals surface area (Å²) in [5, 5.41) is 2.93. The maximum Gasteiger partial charge on any atom is 0.329 e. The molecule has 40 heavy (non-hydrogen) atoms. The van der Waals surface area contributed by atoms with E-state index in [1.165, 1.54) is 0 Å². The van der Waals surface area contributed by atoms with Crippen LogP contribution in [0, 0.1) is 17.8 Å². The maximum absolute atomic E-state index is 13.5. The molecule has 8 heteroatoms. The second-order valence-electron chi connectivity index (χ2n) is 12.3. The normalized spacial score (nSPS) is 20.2. The molecular weight excluding hydrogens is 508 g/mol. The molecule has 1 heterocycles. The fourth-order valence-corrected chi connectivity index (χ4v) is 5.52. The van der Waals surface area contributed by atoms with Gasteiger partial charge in [-0.25, -0.2) is 4.79 Å². The smallest absolute Gasteiger partial charge is 0.329 e. The van der Waals surface area contributed by atoms with E-state index >= 15 is 0 Å². The Balaban J connectivity index is 2.17. The monoisotopic (exact) mass is 560 g/mol. The molecule has 8 nitrogen and oxygen atoms in total. The number of hydrogen-bond donors (Lipinski definition) is 1. The SMILES string of the molecule is CC[C@H](C)[C@H](C)[C@@H](CC(=O)N1CCC[C@H]1[C@H](OC)[C@@H](C)C(=O)N[C@@H](Cc1ccccc1)C(=O)OC(C)(C)C)OC. The first-order valence-electron chi connectivity index (χ1n) is 14.7. The van der Waals surface area contributed by atoms with Gasteiger partial charge in [-0.15, -0.1) is 0 Å². The predicted molar refractivity (Wildman–Crippen MR) is 157 cm³/mol. The maximum atomic E-state index is 13.5. The van der Waals surface area contributed by atoms with Crippen LogP contribution in [-0.2, 0) is 35.0 Å². The summed E-state index contributed by atoms with van der Waals surface area (Å²) in [6, 6.07) is 8.46. The van der Waals surface area contributed by atoms with Crippen LogP contribution in [0.4, 0.5) is 0 Å². The van der Waals surface area contributed by atoms with Gasteiger partial charge < -0.3 is 24.4 Å². The summed E-state index contributed by atoms with van der Waals surface area (Å²) in [6.45, 7) is 14.3. The van der Waals surface area contributed by atoms with E-state index in [4.69, 9.17) is 14.2 Å². The number of carbonyl (C=O) groups is 3. The lowest BCUT2D eigenvalue weighted by molar-refractivity contribution is -0.159. The van der Waals surface area contributed by atoms with Crippen LogP contribution in [0.15, 0.2) is 30.3 Å². The predicted octanol–water partition coefficient (Wildman–Crippen LogP) is 4.79. The molecule has 1 saturated heterocycles. The molecule has 1 aliphatic heterocycles. The zero-order valence-corrected chi connectivity index (χ0v) is 26.1. The van der Waals surface area contributed by atoms with E-state index in [1.54, 1.807) is 41.9 Å². The third-order valence-electron chi connectivity index (χ3n) is 8.27. The van der Waals surface area contributed by atoms with Crippen LogP contribution in [0.2, 0.25) is 0 Å². The fraction of sp³-hybridized carbons (Fsp3) is 0.719. The first kappa shape index (κ1) is 33.8. The number of benzene rings is 1. The molecule has 0 aliphatic carbocycles. The molecule has 0 bridgehead atoms. The molecule has 0 aromatic heterocycles. The van der Waals surface area contributed by atoms with E-state index < -0.39 is 29.6 Å². The molecule has 0 unspecified atom stereocenters. The average Bonchev–Trinajstić information content (AvgIpc) is 3.40. The number of methoxy groups -OCH3 is 2. The summed E-state index contributed by atoms with van der Waals surface area (Å²) in [6.07, 6.45) is 2.54. The summed E-state index contributed by atoms with van der Waals surface area (Å²) < 4.78 is 17.2.